The van der Waals surface area contributed by atoms with E-state index in [4.69, 9.17) is 19.4 Å². The van der Waals surface area contributed by atoms with Gasteiger partial charge in [0, 0.05) is 23.8 Å². The highest BCUT2D eigenvalue weighted by Gasteiger charge is 2.15. The summed E-state index contributed by atoms with van der Waals surface area (Å²) < 4.78 is 10.8. The van der Waals surface area contributed by atoms with Crippen LogP contribution in [0.25, 0.3) is 21.7 Å². The largest absolute Gasteiger partial charge is 0.454 e. The molecular weight excluding hydrogens is 386 g/mol. The van der Waals surface area contributed by atoms with Gasteiger partial charge in [-0.15, -0.1) is 11.3 Å². The molecule has 3 aromatic heterocycles. The second-order valence-corrected chi connectivity index (χ2v) is 7.75. The van der Waals surface area contributed by atoms with E-state index in [0.29, 0.717) is 18.3 Å². The van der Waals surface area contributed by atoms with Gasteiger partial charge in [0.25, 0.3) is 0 Å². The highest BCUT2D eigenvalue weighted by atomic mass is 32.1. The average molecular weight is 405 g/mol. The quantitative estimate of drug-likeness (QED) is 0.517. The number of aromatic nitrogens is 4. The maximum absolute atomic E-state index is 5.47. The summed E-state index contributed by atoms with van der Waals surface area (Å²) in [5, 5.41) is 4.53. The third kappa shape index (κ3) is 3.58. The lowest BCUT2D eigenvalue weighted by atomic mass is 10.1. The van der Waals surface area contributed by atoms with E-state index >= 15 is 0 Å². The van der Waals surface area contributed by atoms with E-state index in [1.807, 2.05) is 12.1 Å². The van der Waals surface area contributed by atoms with Gasteiger partial charge in [0.15, 0.2) is 17.3 Å². The van der Waals surface area contributed by atoms with Gasteiger partial charge < -0.3 is 14.8 Å². The van der Waals surface area contributed by atoms with Crippen molar-refractivity contribution in [3.05, 3.63) is 53.3 Å². The first-order valence-corrected chi connectivity index (χ1v) is 10.3. The van der Waals surface area contributed by atoms with E-state index in [9.17, 15) is 0 Å². The third-order valence-electron chi connectivity index (χ3n) is 4.73. The Balaban J connectivity index is 1.41. The Morgan fingerprint density at radius 1 is 1.10 bits per heavy atom. The van der Waals surface area contributed by atoms with Gasteiger partial charge in [0.05, 0.1) is 11.6 Å². The Morgan fingerprint density at radius 2 is 2.03 bits per heavy atom. The summed E-state index contributed by atoms with van der Waals surface area (Å²) in [5.74, 6) is 3.02. The van der Waals surface area contributed by atoms with Crippen LogP contribution in [0.15, 0.2) is 42.9 Å². The van der Waals surface area contributed by atoms with Crippen LogP contribution in [-0.2, 0) is 12.8 Å². The Hall–Kier alpha value is -3.26. The number of nitrogens with zero attached hydrogens (tertiary/aromatic N) is 4. The second-order valence-electron chi connectivity index (χ2n) is 6.64. The fourth-order valence-corrected chi connectivity index (χ4v) is 4.20. The third-order valence-corrected chi connectivity index (χ3v) is 5.90. The SMILES string of the molecule is CCc1cc2c(NCCc3ccc4c(c3)OCO4)nc(-c3cnccn3)nc2s1. The number of hydrogen-bond donors (Lipinski definition) is 1. The summed E-state index contributed by atoms with van der Waals surface area (Å²) >= 11 is 1.69. The minimum Gasteiger partial charge on any atom is -0.454 e. The number of aryl methyl sites for hydroxylation is 1. The molecule has 146 valence electrons. The predicted octanol–water partition coefficient (Wildman–Crippen LogP) is 4.09. The van der Waals surface area contributed by atoms with E-state index < -0.39 is 0 Å². The molecule has 7 nitrogen and oxygen atoms in total. The van der Waals surface area contributed by atoms with Crippen molar-refractivity contribution in [3.8, 4) is 23.0 Å². The van der Waals surface area contributed by atoms with Gasteiger partial charge in [0.1, 0.15) is 16.3 Å². The minimum absolute atomic E-state index is 0.291. The van der Waals surface area contributed by atoms with Crippen molar-refractivity contribution in [2.75, 3.05) is 18.7 Å². The lowest BCUT2D eigenvalue weighted by Gasteiger charge is -2.09. The lowest BCUT2D eigenvalue weighted by molar-refractivity contribution is 0.174. The van der Waals surface area contributed by atoms with Gasteiger partial charge in [-0.1, -0.05) is 13.0 Å². The van der Waals surface area contributed by atoms with Crippen molar-refractivity contribution in [1.82, 2.24) is 19.9 Å². The summed E-state index contributed by atoms with van der Waals surface area (Å²) in [6.07, 6.45) is 6.80. The zero-order valence-electron chi connectivity index (χ0n) is 15.9. The number of hydrogen-bond acceptors (Lipinski definition) is 8. The molecule has 0 amide bonds. The first-order chi connectivity index (χ1) is 14.3. The fourth-order valence-electron chi connectivity index (χ4n) is 3.23. The predicted molar refractivity (Wildman–Crippen MR) is 113 cm³/mol. The van der Waals surface area contributed by atoms with E-state index in [1.165, 1.54) is 10.4 Å². The van der Waals surface area contributed by atoms with Crippen LogP contribution in [0, 0.1) is 0 Å². The molecule has 0 aliphatic carbocycles. The molecule has 1 aliphatic rings. The summed E-state index contributed by atoms with van der Waals surface area (Å²) in [6, 6.07) is 8.22. The van der Waals surface area contributed by atoms with Gasteiger partial charge in [-0.25, -0.2) is 15.0 Å². The summed E-state index contributed by atoms with van der Waals surface area (Å²) in [4.78, 5) is 20.2. The molecule has 4 aromatic rings. The van der Waals surface area contributed by atoms with Gasteiger partial charge in [-0.2, -0.15) is 0 Å². The molecule has 5 rings (SSSR count). The molecule has 8 heteroatoms. The van der Waals surface area contributed by atoms with Crippen molar-refractivity contribution in [2.45, 2.75) is 19.8 Å². The van der Waals surface area contributed by atoms with Crippen LogP contribution >= 0.6 is 11.3 Å². The Bertz CT molecular complexity index is 1160. The van der Waals surface area contributed by atoms with Crippen molar-refractivity contribution < 1.29 is 9.47 Å². The van der Waals surface area contributed by atoms with Crippen LogP contribution in [0.4, 0.5) is 5.82 Å². The van der Waals surface area contributed by atoms with E-state index in [1.54, 1.807) is 29.9 Å². The average Bonchev–Trinajstić information content (AvgIpc) is 3.40. The molecule has 4 heterocycles. The van der Waals surface area contributed by atoms with Gasteiger partial charge >= 0.3 is 0 Å². The Morgan fingerprint density at radius 3 is 2.90 bits per heavy atom. The molecule has 0 saturated heterocycles. The smallest absolute Gasteiger partial charge is 0.231 e. The van der Waals surface area contributed by atoms with Crippen LogP contribution in [0.1, 0.15) is 17.4 Å². The normalized spacial score (nSPS) is 12.4. The van der Waals surface area contributed by atoms with Crippen LogP contribution < -0.4 is 14.8 Å². The molecule has 0 spiro atoms. The van der Waals surface area contributed by atoms with Crippen molar-refractivity contribution in [2.24, 2.45) is 0 Å². The molecule has 1 aromatic carbocycles. The molecule has 29 heavy (non-hydrogen) atoms. The first kappa shape index (κ1) is 17.8. The summed E-state index contributed by atoms with van der Waals surface area (Å²) in [5.41, 5.74) is 1.85. The van der Waals surface area contributed by atoms with Gasteiger partial charge in [-0.3, -0.25) is 4.98 Å². The second kappa shape index (κ2) is 7.63. The number of anilines is 1. The molecule has 1 aliphatic heterocycles. The maximum Gasteiger partial charge on any atom is 0.231 e. The summed E-state index contributed by atoms with van der Waals surface area (Å²) in [7, 11) is 0. The van der Waals surface area contributed by atoms with Crippen molar-refractivity contribution in [1.29, 1.82) is 0 Å². The molecule has 1 N–H and O–H groups in total. The molecule has 0 atom stereocenters. The Labute approximate surface area is 171 Å². The lowest BCUT2D eigenvalue weighted by Crippen LogP contribution is -2.08. The zero-order valence-corrected chi connectivity index (χ0v) is 16.7. The molecule has 0 bridgehead atoms. The number of nitrogens with one attached hydrogen (secondary N) is 1. The topological polar surface area (TPSA) is 82.0 Å². The van der Waals surface area contributed by atoms with E-state index in [-0.39, 0.29) is 0 Å². The monoisotopic (exact) mass is 405 g/mol. The molecule has 0 unspecified atom stereocenters. The molecule has 0 saturated carbocycles. The highest BCUT2D eigenvalue weighted by Crippen LogP contribution is 2.33. The molecular formula is C21H19N5O2S. The fraction of sp³-hybridized carbons (Fsp3) is 0.238. The summed E-state index contributed by atoms with van der Waals surface area (Å²) in [6.45, 7) is 3.18. The van der Waals surface area contributed by atoms with Crippen LogP contribution in [-0.4, -0.2) is 33.3 Å². The van der Waals surface area contributed by atoms with Crippen molar-refractivity contribution >= 4 is 27.4 Å². The van der Waals surface area contributed by atoms with E-state index in [0.717, 1.165) is 46.9 Å². The number of rotatable bonds is 6. The molecule has 0 fully saturated rings. The van der Waals surface area contributed by atoms with Crippen LogP contribution in [0.2, 0.25) is 0 Å². The maximum atomic E-state index is 5.47. The van der Waals surface area contributed by atoms with E-state index in [2.05, 4.69) is 34.3 Å². The van der Waals surface area contributed by atoms with Crippen LogP contribution in [0.3, 0.4) is 0 Å². The Kier molecular flexibility index (Phi) is 4.69. The first-order valence-electron chi connectivity index (χ1n) is 9.49. The van der Waals surface area contributed by atoms with Gasteiger partial charge in [-0.05, 0) is 36.6 Å². The minimum atomic E-state index is 0.291. The van der Waals surface area contributed by atoms with Crippen LogP contribution in [0.5, 0.6) is 11.5 Å². The molecule has 0 radical (unpaired) electrons. The highest BCUT2D eigenvalue weighted by molar-refractivity contribution is 7.18. The zero-order chi connectivity index (χ0) is 19.6. The van der Waals surface area contributed by atoms with Crippen molar-refractivity contribution in [3.63, 3.8) is 0 Å². The standard InChI is InChI=1S/C21H19N5O2S/c1-2-14-10-15-19(24-6-5-13-3-4-17-18(9-13)28-12-27-17)25-20(26-21(15)29-14)16-11-22-7-8-23-16/h3-4,7-11H,2,5-6,12H2,1H3,(H,24,25,26). The van der Waals surface area contributed by atoms with Gasteiger partial charge in [0.2, 0.25) is 6.79 Å². The number of benzene rings is 1. The number of ether oxygens (including phenoxy) is 2. The number of fused-ring (bicyclic) bond motifs is 2. The number of thiophene rings is 1.